The van der Waals surface area contributed by atoms with E-state index in [0.29, 0.717) is 0 Å². The van der Waals surface area contributed by atoms with Gasteiger partial charge in [-0.1, -0.05) is 78.1 Å². The van der Waals surface area contributed by atoms with Crippen LogP contribution >= 0.6 is 34.0 Å². The van der Waals surface area contributed by atoms with Crippen molar-refractivity contribution in [1.82, 2.24) is 0 Å². The van der Waals surface area contributed by atoms with Crippen LogP contribution in [0, 0.1) is 0 Å². The van der Waals surface area contributed by atoms with Crippen LogP contribution in [0.1, 0.15) is 101 Å². The van der Waals surface area contributed by atoms with Crippen molar-refractivity contribution >= 4 is 52.8 Å². The van der Waals surface area contributed by atoms with E-state index in [4.69, 9.17) is 0 Å². The monoisotopic (exact) mass is 420 g/mol. The highest BCUT2D eigenvalue weighted by Crippen LogP contribution is 2.44. The van der Waals surface area contributed by atoms with Crippen LogP contribution in [0.2, 0.25) is 0 Å². The molecular weight excluding hydrogens is 384 g/mol. The van der Waals surface area contributed by atoms with E-state index in [9.17, 15) is 0 Å². The molecule has 3 aromatic heterocycles. The van der Waals surface area contributed by atoms with E-state index in [1.165, 1.54) is 89.9 Å². The summed E-state index contributed by atoms with van der Waals surface area (Å²) < 4.78 is 3.12. The SMILES string of the molecule is CCCCCCCCc1cc2c(s1)sc1sc(CCCCCCCC)cc12. The van der Waals surface area contributed by atoms with Crippen LogP contribution < -0.4 is 0 Å². The zero-order chi connectivity index (χ0) is 18.9. The molecule has 150 valence electrons. The van der Waals surface area contributed by atoms with E-state index >= 15 is 0 Å². The van der Waals surface area contributed by atoms with E-state index in [-0.39, 0.29) is 0 Å². The minimum atomic E-state index is 1.29. The van der Waals surface area contributed by atoms with Crippen molar-refractivity contribution < 1.29 is 0 Å². The van der Waals surface area contributed by atoms with Crippen molar-refractivity contribution in [3.05, 3.63) is 21.9 Å². The van der Waals surface area contributed by atoms with Gasteiger partial charge in [0.1, 0.15) is 0 Å². The van der Waals surface area contributed by atoms with Crippen LogP contribution in [0.15, 0.2) is 12.1 Å². The molecular formula is C24H36S3. The highest BCUT2D eigenvalue weighted by molar-refractivity contribution is 7.49. The second-order valence-electron chi connectivity index (χ2n) is 7.97. The van der Waals surface area contributed by atoms with Gasteiger partial charge in [0.2, 0.25) is 0 Å². The molecule has 0 N–H and O–H groups in total. The summed E-state index contributed by atoms with van der Waals surface area (Å²) >= 11 is 6.15. The standard InChI is InChI=1S/C24H36S3/c1-3-5-7-9-11-13-15-19-17-21-22-18-20(16-14-12-10-8-6-4-2)26-24(22)27-23(21)25-19/h17-18H,3-16H2,1-2H3. The first kappa shape index (κ1) is 21.3. The highest BCUT2D eigenvalue weighted by atomic mass is 32.2. The van der Waals surface area contributed by atoms with Crippen LogP contribution in [0.4, 0.5) is 0 Å². The van der Waals surface area contributed by atoms with Gasteiger partial charge in [-0.15, -0.1) is 34.0 Å². The highest BCUT2D eigenvalue weighted by Gasteiger charge is 2.12. The lowest BCUT2D eigenvalue weighted by Crippen LogP contribution is -1.82. The molecule has 0 saturated carbocycles. The third-order valence-corrected chi connectivity index (χ3v) is 9.32. The van der Waals surface area contributed by atoms with Crippen LogP contribution in [-0.2, 0) is 12.8 Å². The summed E-state index contributed by atoms with van der Waals surface area (Å²) in [6, 6.07) is 5.01. The van der Waals surface area contributed by atoms with Gasteiger partial charge in [0.05, 0.1) is 8.03 Å². The molecule has 0 unspecified atom stereocenters. The third kappa shape index (κ3) is 6.30. The predicted molar refractivity (Wildman–Crippen MR) is 129 cm³/mol. The van der Waals surface area contributed by atoms with Crippen molar-refractivity contribution in [3.63, 3.8) is 0 Å². The second kappa shape index (κ2) is 11.6. The average Bonchev–Trinajstić information content (AvgIpc) is 3.31. The molecule has 0 nitrogen and oxygen atoms in total. The predicted octanol–water partition coefficient (Wildman–Crippen LogP) is 9.98. The van der Waals surface area contributed by atoms with Crippen LogP contribution in [0.3, 0.4) is 0 Å². The molecule has 0 aliphatic heterocycles. The summed E-state index contributed by atoms with van der Waals surface area (Å²) in [7, 11) is 0. The van der Waals surface area contributed by atoms with Gasteiger partial charge in [-0.05, 0) is 37.8 Å². The number of aryl methyl sites for hydroxylation is 2. The molecule has 0 amide bonds. The molecule has 0 aromatic carbocycles. The van der Waals surface area contributed by atoms with E-state index in [1.807, 2.05) is 11.3 Å². The van der Waals surface area contributed by atoms with Gasteiger partial charge in [0, 0.05) is 20.5 Å². The lowest BCUT2D eigenvalue weighted by atomic mass is 10.1. The van der Waals surface area contributed by atoms with E-state index in [2.05, 4.69) is 48.7 Å². The molecule has 0 aliphatic carbocycles. The summed E-state index contributed by atoms with van der Waals surface area (Å²) in [4.78, 5) is 3.22. The molecule has 27 heavy (non-hydrogen) atoms. The Morgan fingerprint density at radius 2 is 0.926 bits per heavy atom. The molecule has 0 spiro atoms. The topological polar surface area (TPSA) is 0 Å². The molecule has 3 aromatic rings. The fraction of sp³-hybridized carbons (Fsp3) is 0.667. The second-order valence-corrected chi connectivity index (χ2v) is 11.8. The first-order valence-electron chi connectivity index (χ1n) is 11.3. The van der Waals surface area contributed by atoms with Gasteiger partial charge < -0.3 is 0 Å². The van der Waals surface area contributed by atoms with Gasteiger partial charge in [-0.2, -0.15) is 0 Å². The zero-order valence-corrected chi connectivity index (χ0v) is 19.7. The maximum Gasteiger partial charge on any atom is 0.0889 e. The first-order valence-corrected chi connectivity index (χ1v) is 13.7. The van der Waals surface area contributed by atoms with Crippen molar-refractivity contribution in [3.8, 4) is 0 Å². The Morgan fingerprint density at radius 3 is 1.37 bits per heavy atom. The minimum absolute atomic E-state index is 1.29. The Balaban J connectivity index is 1.49. The summed E-state index contributed by atoms with van der Waals surface area (Å²) in [6.07, 6.45) is 19.3. The number of thiophene rings is 3. The molecule has 0 atom stereocenters. The summed E-state index contributed by atoms with van der Waals surface area (Å²) in [6.45, 7) is 4.59. The van der Waals surface area contributed by atoms with E-state index in [0.717, 1.165) is 0 Å². The van der Waals surface area contributed by atoms with Gasteiger partial charge in [-0.3, -0.25) is 0 Å². The quantitative estimate of drug-likeness (QED) is 0.227. The van der Waals surface area contributed by atoms with Crippen molar-refractivity contribution in [2.24, 2.45) is 0 Å². The smallest absolute Gasteiger partial charge is 0.0889 e. The Hall–Kier alpha value is -0.380. The number of hydrogen-bond acceptors (Lipinski definition) is 3. The van der Waals surface area contributed by atoms with E-state index in [1.54, 1.807) is 28.6 Å². The summed E-state index contributed by atoms with van der Waals surface area (Å²) in [5.74, 6) is 0. The number of unbranched alkanes of at least 4 members (excludes halogenated alkanes) is 10. The molecule has 3 rings (SSSR count). The Labute approximate surface area is 178 Å². The summed E-state index contributed by atoms with van der Waals surface area (Å²) in [5.41, 5.74) is 0. The number of rotatable bonds is 14. The molecule has 3 heteroatoms. The van der Waals surface area contributed by atoms with Crippen LogP contribution in [-0.4, -0.2) is 0 Å². The van der Waals surface area contributed by atoms with Crippen LogP contribution in [0.5, 0.6) is 0 Å². The van der Waals surface area contributed by atoms with Gasteiger partial charge in [0.15, 0.2) is 0 Å². The Bertz CT molecular complexity index is 724. The van der Waals surface area contributed by atoms with Crippen molar-refractivity contribution in [2.45, 2.75) is 104 Å². The largest absolute Gasteiger partial charge is 0.129 e. The molecule has 0 radical (unpaired) electrons. The first-order chi connectivity index (χ1) is 13.3. The lowest BCUT2D eigenvalue weighted by molar-refractivity contribution is 0.609. The average molecular weight is 421 g/mol. The van der Waals surface area contributed by atoms with Crippen molar-refractivity contribution in [2.75, 3.05) is 0 Å². The molecule has 0 saturated heterocycles. The van der Waals surface area contributed by atoms with Gasteiger partial charge >= 0.3 is 0 Å². The maximum absolute atomic E-state index is 2.51. The lowest BCUT2D eigenvalue weighted by Gasteiger charge is -1.99. The minimum Gasteiger partial charge on any atom is -0.129 e. The fourth-order valence-electron chi connectivity index (χ4n) is 3.86. The fourth-order valence-corrected chi connectivity index (χ4v) is 8.10. The molecule has 0 fully saturated rings. The number of fused-ring (bicyclic) bond motifs is 3. The van der Waals surface area contributed by atoms with Crippen LogP contribution in [0.25, 0.3) is 18.8 Å². The third-order valence-electron chi connectivity index (χ3n) is 5.53. The van der Waals surface area contributed by atoms with Crippen molar-refractivity contribution in [1.29, 1.82) is 0 Å². The zero-order valence-electron chi connectivity index (χ0n) is 17.3. The Kier molecular flexibility index (Phi) is 9.15. The van der Waals surface area contributed by atoms with E-state index < -0.39 is 0 Å². The normalized spacial score (nSPS) is 11.9. The maximum atomic E-state index is 2.51. The molecule has 0 bridgehead atoms. The Morgan fingerprint density at radius 1 is 0.519 bits per heavy atom. The molecule has 3 heterocycles. The van der Waals surface area contributed by atoms with Gasteiger partial charge in [-0.25, -0.2) is 0 Å². The molecule has 0 aliphatic rings. The number of hydrogen-bond donors (Lipinski definition) is 0. The summed E-state index contributed by atoms with van der Waals surface area (Å²) in [5, 5.41) is 3.10. The van der Waals surface area contributed by atoms with Gasteiger partial charge in [0.25, 0.3) is 0 Å².